The minimum Gasteiger partial charge on any atom is -0.334 e. The molecule has 1 aromatic carbocycles. The number of para-hydroxylation sites is 1. The van der Waals surface area contributed by atoms with Gasteiger partial charge in [-0.15, -0.1) is 11.6 Å². The monoisotopic (exact) mass is 288 g/mol. The quantitative estimate of drug-likeness (QED) is 0.793. The highest BCUT2D eigenvalue weighted by atomic mass is 35.5. The van der Waals surface area contributed by atoms with E-state index in [0.717, 1.165) is 42.3 Å². The van der Waals surface area contributed by atoms with Crippen molar-refractivity contribution in [1.29, 1.82) is 0 Å². The standard InChI is InChI=1S/C16H17ClN2O/c17-11-12-5-3-4-10-19(12)16(20)14-8-9-18-15-7-2-1-6-13(14)15/h1-2,6-9,12H,3-5,10-11H2. The number of likely N-dealkylation sites (tertiary alicyclic amines) is 1. The number of fused-ring (bicyclic) bond motifs is 1. The van der Waals surface area contributed by atoms with Crippen molar-refractivity contribution in [3.8, 4) is 0 Å². The van der Waals surface area contributed by atoms with Crippen LogP contribution >= 0.6 is 11.6 Å². The maximum Gasteiger partial charge on any atom is 0.254 e. The van der Waals surface area contributed by atoms with Crippen molar-refractivity contribution in [2.24, 2.45) is 0 Å². The van der Waals surface area contributed by atoms with Gasteiger partial charge in [-0.3, -0.25) is 9.78 Å². The number of amides is 1. The second kappa shape index (κ2) is 5.80. The SMILES string of the molecule is O=C(c1ccnc2ccccc12)N1CCCCC1CCl. The highest BCUT2D eigenvalue weighted by Gasteiger charge is 2.27. The van der Waals surface area contributed by atoms with Gasteiger partial charge in [-0.25, -0.2) is 0 Å². The first-order valence-electron chi connectivity index (χ1n) is 7.02. The number of pyridine rings is 1. The summed E-state index contributed by atoms with van der Waals surface area (Å²) in [6, 6.07) is 9.73. The molecule has 0 aliphatic carbocycles. The Morgan fingerprint density at radius 2 is 2.15 bits per heavy atom. The third kappa shape index (κ3) is 2.38. The molecule has 104 valence electrons. The van der Waals surface area contributed by atoms with Crippen molar-refractivity contribution in [2.75, 3.05) is 12.4 Å². The van der Waals surface area contributed by atoms with Crippen molar-refractivity contribution < 1.29 is 4.79 Å². The molecule has 1 amide bonds. The summed E-state index contributed by atoms with van der Waals surface area (Å²) >= 11 is 6.02. The number of halogens is 1. The van der Waals surface area contributed by atoms with Crippen molar-refractivity contribution >= 4 is 28.4 Å². The van der Waals surface area contributed by atoms with E-state index in [9.17, 15) is 4.79 Å². The van der Waals surface area contributed by atoms with E-state index < -0.39 is 0 Å². The van der Waals surface area contributed by atoms with E-state index in [0.29, 0.717) is 5.88 Å². The van der Waals surface area contributed by atoms with Gasteiger partial charge in [-0.2, -0.15) is 0 Å². The van der Waals surface area contributed by atoms with Crippen molar-refractivity contribution in [3.63, 3.8) is 0 Å². The lowest BCUT2D eigenvalue weighted by Crippen LogP contribution is -2.44. The van der Waals surface area contributed by atoms with Gasteiger partial charge >= 0.3 is 0 Å². The van der Waals surface area contributed by atoms with Gasteiger partial charge in [-0.05, 0) is 31.4 Å². The maximum absolute atomic E-state index is 12.8. The molecule has 1 unspecified atom stereocenters. The van der Waals surface area contributed by atoms with Crippen molar-refractivity contribution in [1.82, 2.24) is 9.88 Å². The minimum atomic E-state index is 0.0777. The molecule has 1 aromatic heterocycles. The van der Waals surface area contributed by atoms with Crippen LogP contribution in [0, 0.1) is 0 Å². The Morgan fingerprint density at radius 1 is 1.30 bits per heavy atom. The van der Waals surface area contributed by atoms with Crippen LogP contribution in [0.25, 0.3) is 10.9 Å². The van der Waals surface area contributed by atoms with Crippen LogP contribution in [-0.2, 0) is 0 Å². The fourth-order valence-corrected chi connectivity index (χ4v) is 3.19. The molecule has 3 rings (SSSR count). The largest absolute Gasteiger partial charge is 0.334 e. The first kappa shape index (κ1) is 13.4. The Bertz CT molecular complexity index is 623. The van der Waals surface area contributed by atoms with Gasteiger partial charge in [0.25, 0.3) is 5.91 Å². The van der Waals surface area contributed by atoms with Crippen LogP contribution < -0.4 is 0 Å². The van der Waals surface area contributed by atoms with E-state index in [-0.39, 0.29) is 11.9 Å². The van der Waals surface area contributed by atoms with Gasteiger partial charge in [0.05, 0.1) is 11.1 Å². The smallest absolute Gasteiger partial charge is 0.254 e. The molecule has 0 radical (unpaired) electrons. The molecule has 0 N–H and O–H groups in total. The zero-order chi connectivity index (χ0) is 13.9. The van der Waals surface area contributed by atoms with Crippen LogP contribution in [0.15, 0.2) is 36.5 Å². The molecule has 2 heterocycles. The summed E-state index contributed by atoms with van der Waals surface area (Å²) in [5, 5.41) is 0.916. The summed E-state index contributed by atoms with van der Waals surface area (Å²) in [5.41, 5.74) is 1.59. The Labute approximate surface area is 123 Å². The average Bonchev–Trinajstić information content (AvgIpc) is 2.53. The first-order valence-corrected chi connectivity index (χ1v) is 7.55. The lowest BCUT2D eigenvalue weighted by Gasteiger charge is -2.34. The van der Waals surface area contributed by atoms with E-state index in [2.05, 4.69) is 4.98 Å². The molecule has 0 saturated carbocycles. The van der Waals surface area contributed by atoms with Crippen LogP contribution in [0.5, 0.6) is 0 Å². The van der Waals surface area contributed by atoms with Crippen molar-refractivity contribution in [2.45, 2.75) is 25.3 Å². The second-order valence-corrected chi connectivity index (χ2v) is 5.49. The fraction of sp³-hybridized carbons (Fsp3) is 0.375. The normalized spacial score (nSPS) is 19.2. The zero-order valence-corrected chi connectivity index (χ0v) is 12.0. The molecular weight excluding hydrogens is 272 g/mol. The van der Waals surface area contributed by atoms with Crippen molar-refractivity contribution in [3.05, 3.63) is 42.1 Å². The molecule has 1 saturated heterocycles. The number of carbonyl (C=O) groups excluding carboxylic acids is 1. The Kier molecular flexibility index (Phi) is 3.88. The molecule has 1 aliphatic heterocycles. The molecule has 2 aromatic rings. The van der Waals surface area contributed by atoms with E-state index in [1.165, 1.54) is 0 Å². The average molecular weight is 289 g/mol. The number of alkyl halides is 1. The van der Waals surface area contributed by atoms with Crippen LogP contribution in [0.2, 0.25) is 0 Å². The van der Waals surface area contributed by atoms with Crippen LogP contribution in [0.3, 0.4) is 0 Å². The van der Waals surface area contributed by atoms with Gasteiger partial charge in [0.15, 0.2) is 0 Å². The number of hydrogen-bond donors (Lipinski definition) is 0. The summed E-state index contributed by atoms with van der Waals surface area (Å²) in [4.78, 5) is 19.1. The molecule has 0 spiro atoms. The minimum absolute atomic E-state index is 0.0777. The maximum atomic E-state index is 12.8. The summed E-state index contributed by atoms with van der Waals surface area (Å²) in [7, 11) is 0. The lowest BCUT2D eigenvalue weighted by atomic mass is 10.0. The van der Waals surface area contributed by atoms with Gasteiger partial charge < -0.3 is 4.90 Å². The van der Waals surface area contributed by atoms with Crippen LogP contribution in [0.1, 0.15) is 29.6 Å². The molecule has 0 bridgehead atoms. The number of hydrogen-bond acceptors (Lipinski definition) is 2. The van der Waals surface area contributed by atoms with Gasteiger partial charge in [0.2, 0.25) is 0 Å². The van der Waals surface area contributed by atoms with E-state index in [1.54, 1.807) is 6.20 Å². The van der Waals surface area contributed by atoms with Crippen LogP contribution in [-0.4, -0.2) is 34.3 Å². The predicted octanol–water partition coefficient (Wildman–Crippen LogP) is 3.47. The topological polar surface area (TPSA) is 33.2 Å². The van der Waals surface area contributed by atoms with E-state index in [1.807, 2.05) is 35.2 Å². The van der Waals surface area contributed by atoms with Gasteiger partial charge in [0, 0.05) is 30.0 Å². The van der Waals surface area contributed by atoms with Crippen LogP contribution in [0.4, 0.5) is 0 Å². The molecule has 1 atom stereocenters. The molecule has 1 fully saturated rings. The molecule has 4 heteroatoms. The van der Waals surface area contributed by atoms with E-state index in [4.69, 9.17) is 11.6 Å². The molecular formula is C16H17ClN2O. The van der Waals surface area contributed by atoms with Gasteiger partial charge in [-0.1, -0.05) is 18.2 Å². The number of piperidine rings is 1. The Balaban J connectivity index is 1.99. The summed E-state index contributed by atoms with van der Waals surface area (Å²) in [5.74, 6) is 0.586. The molecule has 1 aliphatic rings. The predicted molar refractivity (Wildman–Crippen MR) is 81.1 cm³/mol. The van der Waals surface area contributed by atoms with Gasteiger partial charge in [0.1, 0.15) is 0 Å². The number of rotatable bonds is 2. The summed E-state index contributed by atoms with van der Waals surface area (Å²) in [6.07, 6.45) is 4.91. The highest BCUT2D eigenvalue weighted by Crippen LogP contribution is 2.23. The molecule has 3 nitrogen and oxygen atoms in total. The second-order valence-electron chi connectivity index (χ2n) is 5.18. The molecule has 20 heavy (non-hydrogen) atoms. The summed E-state index contributed by atoms with van der Waals surface area (Å²) < 4.78 is 0. The number of aromatic nitrogens is 1. The zero-order valence-electron chi connectivity index (χ0n) is 11.3. The summed E-state index contributed by atoms with van der Waals surface area (Å²) in [6.45, 7) is 0.798. The Hall–Kier alpha value is -1.61. The number of nitrogens with zero attached hydrogens (tertiary/aromatic N) is 2. The fourth-order valence-electron chi connectivity index (χ4n) is 2.87. The lowest BCUT2D eigenvalue weighted by molar-refractivity contribution is 0.0641. The third-order valence-corrected chi connectivity index (χ3v) is 4.30. The third-order valence-electron chi connectivity index (χ3n) is 3.95. The Morgan fingerprint density at radius 3 is 3.00 bits per heavy atom. The van der Waals surface area contributed by atoms with E-state index >= 15 is 0 Å². The number of benzene rings is 1. The number of carbonyl (C=O) groups is 1. The highest BCUT2D eigenvalue weighted by molar-refractivity contribution is 6.18. The first-order chi connectivity index (χ1) is 9.81.